The molecule has 4 heteroatoms. The van der Waals surface area contributed by atoms with Crippen LogP contribution >= 0.6 is 27.3 Å². The molecule has 1 atom stereocenters. The van der Waals surface area contributed by atoms with E-state index in [9.17, 15) is 0 Å². The van der Waals surface area contributed by atoms with Crippen molar-refractivity contribution in [3.05, 3.63) is 50.4 Å². The molecule has 0 radical (unpaired) electrons. The third kappa shape index (κ3) is 2.82. The van der Waals surface area contributed by atoms with Crippen LogP contribution in [0.3, 0.4) is 0 Å². The number of hydrogen-bond acceptors (Lipinski definition) is 3. The Morgan fingerprint density at radius 2 is 2.22 bits per heavy atom. The number of thiophene rings is 1. The second kappa shape index (κ2) is 6.45. The molecular formula is C14H17BrN2S. The summed E-state index contributed by atoms with van der Waals surface area (Å²) in [5.41, 5.74) is 3.72. The van der Waals surface area contributed by atoms with E-state index in [0.717, 1.165) is 23.1 Å². The molecule has 0 aliphatic carbocycles. The van der Waals surface area contributed by atoms with Gasteiger partial charge in [-0.25, -0.2) is 0 Å². The van der Waals surface area contributed by atoms with Crippen molar-refractivity contribution < 1.29 is 0 Å². The number of aryl methyl sites for hydroxylation is 1. The monoisotopic (exact) mass is 324 g/mol. The Morgan fingerprint density at radius 1 is 1.39 bits per heavy atom. The van der Waals surface area contributed by atoms with E-state index < -0.39 is 0 Å². The molecule has 0 amide bonds. The molecule has 18 heavy (non-hydrogen) atoms. The van der Waals surface area contributed by atoms with Gasteiger partial charge in [0.15, 0.2) is 0 Å². The van der Waals surface area contributed by atoms with E-state index in [0.29, 0.717) is 0 Å². The highest BCUT2D eigenvalue weighted by atomic mass is 79.9. The van der Waals surface area contributed by atoms with Crippen LogP contribution in [0.4, 0.5) is 0 Å². The highest BCUT2D eigenvalue weighted by molar-refractivity contribution is 9.10. The molecule has 0 saturated heterocycles. The van der Waals surface area contributed by atoms with Crippen LogP contribution in [0.5, 0.6) is 0 Å². The zero-order valence-electron chi connectivity index (χ0n) is 10.6. The molecule has 1 unspecified atom stereocenters. The quantitative estimate of drug-likeness (QED) is 0.892. The summed E-state index contributed by atoms with van der Waals surface area (Å²) < 4.78 is 1.16. The van der Waals surface area contributed by atoms with Crippen molar-refractivity contribution in [2.45, 2.75) is 26.3 Å². The topological polar surface area (TPSA) is 24.9 Å². The molecule has 2 heterocycles. The van der Waals surface area contributed by atoms with Crippen LogP contribution < -0.4 is 5.32 Å². The Bertz CT molecular complexity index is 510. The Kier molecular flexibility index (Phi) is 4.92. The van der Waals surface area contributed by atoms with Gasteiger partial charge in [0, 0.05) is 21.6 Å². The first-order valence-electron chi connectivity index (χ1n) is 6.16. The van der Waals surface area contributed by atoms with Gasteiger partial charge in [-0.3, -0.25) is 4.98 Å². The lowest BCUT2D eigenvalue weighted by Crippen LogP contribution is -2.24. The van der Waals surface area contributed by atoms with Crippen LogP contribution in [0.2, 0.25) is 0 Å². The van der Waals surface area contributed by atoms with E-state index in [2.05, 4.69) is 56.9 Å². The third-order valence-electron chi connectivity index (χ3n) is 2.94. The van der Waals surface area contributed by atoms with Crippen LogP contribution in [0, 0.1) is 0 Å². The second-order valence-corrected chi connectivity index (χ2v) is 5.66. The van der Waals surface area contributed by atoms with Gasteiger partial charge in [0.05, 0.1) is 11.7 Å². The fraction of sp³-hybridized carbons (Fsp3) is 0.357. The van der Waals surface area contributed by atoms with Crippen molar-refractivity contribution in [3.8, 4) is 0 Å². The van der Waals surface area contributed by atoms with Gasteiger partial charge in [0.1, 0.15) is 0 Å². The maximum absolute atomic E-state index is 4.59. The smallest absolute Gasteiger partial charge is 0.0773 e. The van der Waals surface area contributed by atoms with E-state index in [1.54, 1.807) is 11.3 Å². The van der Waals surface area contributed by atoms with E-state index >= 15 is 0 Å². The lowest BCUT2D eigenvalue weighted by Gasteiger charge is -2.19. The number of nitrogens with zero attached hydrogens (tertiary/aromatic N) is 1. The Morgan fingerprint density at radius 3 is 2.83 bits per heavy atom. The van der Waals surface area contributed by atoms with Gasteiger partial charge in [-0.05, 0) is 45.9 Å². The molecule has 2 aromatic rings. The highest BCUT2D eigenvalue weighted by Gasteiger charge is 2.20. The summed E-state index contributed by atoms with van der Waals surface area (Å²) in [4.78, 5) is 4.59. The molecule has 96 valence electrons. The summed E-state index contributed by atoms with van der Waals surface area (Å²) in [6.45, 7) is 5.22. The Balaban J connectivity index is 2.45. The van der Waals surface area contributed by atoms with Crippen LogP contribution in [-0.4, -0.2) is 11.5 Å². The molecule has 2 rings (SSSR count). The maximum Gasteiger partial charge on any atom is 0.0773 e. The zero-order chi connectivity index (χ0) is 13.0. The number of hydrogen-bond donors (Lipinski definition) is 1. The molecule has 2 aromatic heterocycles. The van der Waals surface area contributed by atoms with Gasteiger partial charge in [0.25, 0.3) is 0 Å². The molecule has 0 fully saturated rings. The number of rotatable bonds is 5. The minimum Gasteiger partial charge on any atom is -0.305 e. The molecule has 0 bridgehead atoms. The highest BCUT2D eigenvalue weighted by Crippen LogP contribution is 2.32. The molecule has 0 aromatic carbocycles. The largest absolute Gasteiger partial charge is 0.305 e. The number of pyridine rings is 1. The third-order valence-corrected chi connectivity index (χ3v) is 4.69. The van der Waals surface area contributed by atoms with Crippen LogP contribution in [0.15, 0.2) is 33.6 Å². The number of aromatic nitrogens is 1. The lowest BCUT2D eigenvalue weighted by atomic mass is 10.0. The summed E-state index contributed by atoms with van der Waals surface area (Å²) in [5, 5.41) is 7.84. The van der Waals surface area contributed by atoms with Gasteiger partial charge in [-0.2, -0.15) is 11.3 Å². The van der Waals surface area contributed by atoms with Gasteiger partial charge < -0.3 is 5.32 Å². The number of nitrogens with one attached hydrogen (secondary N) is 1. The normalized spacial score (nSPS) is 12.6. The molecule has 0 spiro atoms. The van der Waals surface area contributed by atoms with Crippen molar-refractivity contribution in [1.82, 2.24) is 10.3 Å². The molecule has 1 N–H and O–H groups in total. The van der Waals surface area contributed by atoms with E-state index in [1.165, 1.54) is 11.1 Å². The maximum atomic E-state index is 4.59. The predicted octanol–water partition coefficient (Wildman–Crippen LogP) is 4.17. The molecule has 2 nitrogen and oxygen atoms in total. The van der Waals surface area contributed by atoms with Crippen molar-refractivity contribution in [1.29, 1.82) is 0 Å². The lowest BCUT2D eigenvalue weighted by molar-refractivity contribution is 0.609. The van der Waals surface area contributed by atoms with E-state index in [1.807, 2.05) is 12.3 Å². The summed E-state index contributed by atoms with van der Waals surface area (Å²) in [7, 11) is 0. The summed E-state index contributed by atoms with van der Waals surface area (Å²) in [6, 6.07) is 4.34. The van der Waals surface area contributed by atoms with Gasteiger partial charge >= 0.3 is 0 Å². The van der Waals surface area contributed by atoms with Crippen LogP contribution in [0.25, 0.3) is 0 Å². The molecule has 0 aliphatic rings. The predicted molar refractivity (Wildman–Crippen MR) is 81.2 cm³/mol. The molecular weight excluding hydrogens is 308 g/mol. The standard InChI is InChI=1S/C14H17BrN2S/c1-3-10-6-5-7-17-13(10)14(16-4-2)11-8-18-9-12(11)15/h5-9,14,16H,3-4H2,1-2H3. The first-order chi connectivity index (χ1) is 8.77. The molecule has 0 aliphatic heterocycles. The fourth-order valence-corrected chi connectivity index (χ4v) is 3.62. The van der Waals surface area contributed by atoms with Crippen molar-refractivity contribution in [2.24, 2.45) is 0 Å². The van der Waals surface area contributed by atoms with E-state index in [4.69, 9.17) is 0 Å². The van der Waals surface area contributed by atoms with Gasteiger partial charge in [-0.1, -0.05) is 19.9 Å². The van der Waals surface area contributed by atoms with Crippen LogP contribution in [0.1, 0.15) is 36.7 Å². The minimum atomic E-state index is 0.173. The Hall–Kier alpha value is -0.710. The number of halogens is 1. The first-order valence-corrected chi connectivity index (χ1v) is 7.90. The SMILES string of the molecule is CCNC(c1cscc1Br)c1ncccc1CC. The summed E-state index contributed by atoms with van der Waals surface area (Å²) in [6.07, 6.45) is 2.88. The summed E-state index contributed by atoms with van der Waals surface area (Å²) >= 11 is 5.34. The Labute approximate surface area is 121 Å². The second-order valence-electron chi connectivity index (χ2n) is 4.07. The van der Waals surface area contributed by atoms with Gasteiger partial charge in [-0.15, -0.1) is 0 Å². The van der Waals surface area contributed by atoms with Gasteiger partial charge in [0.2, 0.25) is 0 Å². The zero-order valence-corrected chi connectivity index (χ0v) is 13.0. The fourth-order valence-electron chi connectivity index (χ4n) is 2.07. The minimum absolute atomic E-state index is 0.173. The average Bonchev–Trinajstić information content (AvgIpc) is 2.82. The van der Waals surface area contributed by atoms with Crippen molar-refractivity contribution in [2.75, 3.05) is 6.54 Å². The van der Waals surface area contributed by atoms with E-state index in [-0.39, 0.29) is 6.04 Å². The first kappa shape index (κ1) is 13.7. The summed E-state index contributed by atoms with van der Waals surface area (Å²) in [5.74, 6) is 0. The average molecular weight is 325 g/mol. The van der Waals surface area contributed by atoms with Crippen LogP contribution in [-0.2, 0) is 6.42 Å². The van der Waals surface area contributed by atoms with Crippen molar-refractivity contribution >= 4 is 27.3 Å². The van der Waals surface area contributed by atoms with Crippen molar-refractivity contribution in [3.63, 3.8) is 0 Å². The molecule has 0 saturated carbocycles.